The van der Waals surface area contributed by atoms with E-state index in [-0.39, 0.29) is 11.9 Å². The fourth-order valence-corrected chi connectivity index (χ4v) is 2.07. The van der Waals surface area contributed by atoms with Gasteiger partial charge in [0.25, 0.3) is 5.91 Å². The molecule has 0 aromatic heterocycles. The van der Waals surface area contributed by atoms with Crippen molar-refractivity contribution in [3.63, 3.8) is 0 Å². The number of carbonyl (C=O) groups excluding carboxylic acids is 1. The van der Waals surface area contributed by atoms with Crippen LogP contribution in [-0.2, 0) is 0 Å². The summed E-state index contributed by atoms with van der Waals surface area (Å²) in [7, 11) is 0. The van der Waals surface area contributed by atoms with Gasteiger partial charge in [0.1, 0.15) is 0 Å². The minimum Gasteiger partial charge on any atom is -0.346 e. The lowest BCUT2D eigenvalue weighted by Gasteiger charge is -2.14. The molecule has 0 spiro atoms. The summed E-state index contributed by atoms with van der Waals surface area (Å²) in [5.74, 6) is -0.213. The first-order valence-corrected chi connectivity index (χ1v) is 6.54. The van der Waals surface area contributed by atoms with E-state index in [0.29, 0.717) is 16.1 Å². The molecule has 0 saturated heterocycles. The molecular weight excluding hydrogens is 272 g/mol. The molecule has 0 aliphatic rings. The highest BCUT2D eigenvalue weighted by molar-refractivity contribution is 6.30. The molecular formula is C16H13ClN2O. The van der Waals surface area contributed by atoms with Gasteiger partial charge in [-0.15, -0.1) is 0 Å². The van der Waals surface area contributed by atoms with E-state index in [0.717, 1.165) is 5.56 Å². The van der Waals surface area contributed by atoms with E-state index in [1.807, 2.05) is 31.2 Å². The van der Waals surface area contributed by atoms with Crippen molar-refractivity contribution in [2.75, 3.05) is 0 Å². The summed E-state index contributed by atoms with van der Waals surface area (Å²) in [6.45, 7) is 1.89. The van der Waals surface area contributed by atoms with Crippen molar-refractivity contribution in [2.45, 2.75) is 13.0 Å². The molecule has 3 nitrogen and oxygen atoms in total. The molecule has 0 aliphatic heterocycles. The highest BCUT2D eigenvalue weighted by Crippen LogP contribution is 2.18. The number of amides is 1. The zero-order valence-corrected chi connectivity index (χ0v) is 11.7. The largest absolute Gasteiger partial charge is 0.346 e. The van der Waals surface area contributed by atoms with E-state index >= 15 is 0 Å². The Morgan fingerprint density at radius 2 is 2.00 bits per heavy atom. The maximum absolute atomic E-state index is 12.1. The molecule has 1 N–H and O–H groups in total. The third-order valence-electron chi connectivity index (χ3n) is 2.95. The lowest BCUT2D eigenvalue weighted by atomic mass is 10.1. The summed E-state index contributed by atoms with van der Waals surface area (Å²) in [5, 5.41) is 12.4. The fraction of sp³-hybridized carbons (Fsp3) is 0.125. The van der Waals surface area contributed by atoms with E-state index in [9.17, 15) is 4.79 Å². The molecule has 2 aromatic carbocycles. The first-order valence-electron chi connectivity index (χ1n) is 6.16. The van der Waals surface area contributed by atoms with Gasteiger partial charge in [-0.05, 0) is 42.8 Å². The van der Waals surface area contributed by atoms with Crippen molar-refractivity contribution in [1.29, 1.82) is 5.26 Å². The second kappa shape index (κ2) is 6.23. The fourth-order valence-electron chi connectivity index (χ4n) is 1.87. The number of nitriles is 1. The Hall–Kier alpha value is -2.31. The van der Waals surface area contributed by atoms with Crippen molar-refractivity contribution in [3.8, 4) is 6.07 Å². The van der Waals surface area contributed by atoms with Crippen molar-refractivity contribution in [2.24, 2.45) is 0 Å². The Morgan fingerprint density at radius 1 is 1.25 bits per heavy atom. The number of nitrogens with zero attached hydrogens (tertiary/aromatic N) is 1. The first kappa shape index (κ1) is 14.1. The van der Waals surface area contributed by atoms with Gasteiger partial charge >= 0.3 is 0 Å². The zero-order chi connectivity index (χ0) is 14.5. The number of benzene rings is 2. The molecule has 1 amide bonds. The van der Waals surface area contributed by atoms with E-state index < -0.39 is 0 Å². The molecule has 20 heavy (non-hydrogen) atoms. The maximum Gasteiger partial charge on any atom is 0.251 e. The Bertz CT molecular complexity index is 676. The van der Waals surface area contributed by atoms with Gasteiger partial charge in [-0.3, -0.25) is 4.79 Å². The molecule has 1 atom stereocenters. The zero-order valence-electron chi connectivity index (χ0n) is 10.9. The standard InChI is InChI=1S/C16H13ClN2O/c1-11(13-5-3-7-15(17)9-13)19-16(20)14-6-2-4-12(8-14)10-18/h2-9,11H,1H3,(H,19,20)/t11-/m1/s1. The summed E-state index contributed by atoms with van der Waals surface area (Å²) in [5.41, 5.74) is 1.87. The Kier molecular flexibility index (Phi) is 4.39. The minimum atomic E-state index is -0.213. The van der Waals surface area contributed by atoms with Crippen LogP contribution in [0.25, 0.3) is 0 Å². The van der Waals surface area contributed by atoms with Crippen LogP contribution in [0.2, 0.25) is 5.02 Å². The van der Waals surface area contributed by atoms with Crippen LogP contribution in [-0.4, -0.2) is 5.91 Å². The molecule has 0 unspecified atom stereocenters. The van der Waals surface area contributed by atoms with Crippen LogP contribution in [0.4, 0.5) is 0 Å². The van der Waals surface area contributed by atoms with Gasteiger partial charge in [0.2, 0.25) is 0 Å². The van der Waals surface area contributed by atoms with Crippen LogP contribution < -0.4 is 5.32 Å². The SMILES string of the molecule is C[C@@H](NC(=O)c1cccc(C#N)c1)c1cccc(Cl)c1. The predicted octanol–water partition coefficient (Wildman–Crippen LogP) is 3.70. The normalized spacial score (nSPS) is 11.4. The van der Waals surface area contributed by atoms with E-state index in [1.54, 1.807) is 30.3 Å². The number of carbonyl (C=O) groups is 1. The maximum atomic E-state index is 12.1. The minimum absolute atomic E-state index is 0.160. The molecule has 0 aliphatic carbocycles. The molecule has 100 valence electrons. The first-order chi connectivity index (χ1) is 9.60. The van der Waals surface area contributed by atoms with Gasteiger partial charge in [0, 0.05) is 10.6 Å². The number of nitrogens with one attached hydrogen (secondary N) is 1. The van der Waals surface area contributed by atoms with E-state index in [4.69, 9.17) is 16.9 Å². The van der Waals surface area contributed by atoms with Crippen molar-refractivity contribution in [1.82, 2.24) is 5.32 Å². The van der Waals surface area contributed by atoms with Crippen molar-refractivity contribution in [3.05, 3.63) is 70.2 Å². The predicted molar refractivity (Wildman–Crippen MR) is 78.5 cm³/mol. The van der Waals surface area contributed by atoms with Crippen LogP contribution in [0.1, 0.15) is 34.5 Å². The molecule has 0 bridgehead atoms. The second-order valence-corrected chi connectivity index (χ2v) is 4.88. The quantitative estimate of drug-likeness (QED) is 0.934. The molecule has 0 saturated carbocycles. The highest BCUT2D eigenvalue weighted by atomic mass is 35.5. The van der Waals surface area contributed by atoms with Crippen molar-refractivity contribution >= 4 is 17.5 Å². The smallest absolute Gasteiger partial charge is 0.251 e. The second-order valence-electron chi connectivity index (χ2n) is 4.44. The molecule has 2 aromatic rings. The van der Waals surface area contributed by atoms with Gasteiger partial charge in [-0.2, -0.15) is 5.26 Å². The summed E-state index contributed by atoms with van der Waals surface area (Å²) in [4.78, 5) is 12.1. The van der Waals surface area contributed by atoms with E-state index in [2.05, 4.69) is 5.32 Å². The van der Waals surface area contributed by atoms with Gasteiger partial charge in [-0.25, -0.2) is 0 Å². The number of hydrogen-bond donors (Lipinski definition) is 1. The van der Waals surface area contributed by atoms with Gasteiger partial charge in [0.15, 0.2) is 0 Å². The lowest BCUT2D eigenvalue weighted by molar-refractivity contribution is 0.0940. The van der Waals surface area contributed by atoms with Crippen LogP contribution in [0.5, 0.6) is 0 Å². The monoisotopic (exact) mass is 284 g/mol. The van der Waals surface area contributed by atoms with Crippen LogP contribution in [0.3, 0.4) is 0 Å². The Balaban J connectivity index is 2.13. The molecule has 0 heterocycles. The average Bonchev–Trinajstić information content (AvgIpc) is 2.47. The van der Waals surface area contributed by atoms with Gasteiger partial charge in [-0.1, -0.05) is 29.8 Å². The van der Waals surface area contributed by atoms with Crippen LogP contribution in [0, 0.1) is 11.3 Å². The Labute approximate surface area is 122 Å². The molecule has 0 fully saturated rings. The topological polar surface area (TPSA) is 52.9 Å². The number of halogens is 1. The lowest BCUT2D eigenvalue weighted by Crippen LogP contribution is -2.26. The van der Waals surface area contributed by atoms with Gasteiger partial charge in [0.05, 0.1) is 17.7 Å². The highest BCUT2D eigenvalue weighted by Gasteiger charge is 2.12. The third kappa shape index (κ3) is 3.37. The summed E-state index contributed by atoms with van der Waals surface area (Å²) < 4.78 is 0. The summed E-state index contributed by atoms with van der Waals surface area (Å²) in [6.07, 6.45) is 0. The summed E-state index contributed by atoms with van der Waals surface area (Å²) in [6, 6.07) is 15.8. The molecule has 2 rings (SSSR count). The number of hydrogen-bond acceptors (Lipinski definition) is 2. The van der Waals surface area contributed by atoms with Crippen LogP contribution >= 0.6 is 11.6 Å². The van der Waals surface area contributed by atoms with Gasteiger partial charge < -0.3 is 5.32 Å². The van der Waals surface area contributed by atoms with Crippen molar-refractivity contribution < 1.29 is 4.79 Å². The summed E-state index contributed by atoms with van der Waals surface area (Å²) >= 11 is 5.93. The number of rotatable bonds is 3. The molecule has 0 radical (unpaired) electrons. The van der Waals surface area contributed by atoms with Crippen LogP contribution in [0.15, 0.2) is 48.5 Å². The average molecular weight is 285 g/mol. The Morgan fingerprint density at radius 3 is 2.70 bits per heavy atom. The van der Waals surface area contributed by atoms with E-state index in [1.165, 1.54) is 0 Å². The molecule has 4 heteroatoms. The third-order valence-corrected chi connectivity index (χ3v) is 3.19.